The van der Waals surface area contributed by atoms with Crippen molar-refractivity contribution in [2.45, 2.75) is 40.0 Å². The first-order valence-corrected chi connectivity index (χ1v) is 9.67. The second-order valence-electron chi connectivity index (χ2n) is 6.05. The van der Waals surface area contributed by atoms with Gasteiger partial charge in [-0.15, -0.1) is 0 Å². The third-order valence-corrected chi connectivity index (χ3v) is 6.48. The van der Waals surface area contributed by atoms with Crippen LogP contribution in [0.25, 0.3) is 0 Å². The van der Waals surface area contributed by atoms with Crippen LogP contribution in [-0.2, 0) is 19.0 Å². The van der Waals surface area contributed by atoms with Gasteiger partial charge in [0.1, 0.15) is 6.16 Å². The molecule has 0 unspecified atom stereocenters. The molecule has 0 fully saturated rings. The first-order valence-electron chi connectivity index (χ1n) is 7.95. The molecule has 1 aliphatic rings. The molecule has 1 aromatic carbocycles. The standard InChI is InChI=1S/C17H27NO3P/c1-6-20-22(19,21-7-2)13-12-18-14(3)17(4,5)15-10-8-9-11-16(15)18/h8-11H,6-7,12-13H2,1-5H3/q+1. The zero-order chi connectivity index (χ0) is 16.4. The second-order valence-corrected chi connectivity index (χ2v) is 8.23. The van der Waals surface area contributed by atoms with Crippen LogP contribution in [-0.4, -0.2) is 36.2 Å². The van der Waals surface area contributed by atoms with E-state index >= 15 is 0 Å². The van der Waals surface area contributed by atoms with Crippen molar-refractivity contribution in [2.75, 3.05) is 25.9 Å². The van der Waals surface area contributed by atoms with Crippen LogP contribution in [0.4, 0.5) is 5.69 Å². The van der Waals surface area contributed by atoms with E-state index in [1.54, 1.807) is 0 Å². The van der Waals surface area contributed by atoms with Gasteiger partial charge in [0.05, 0.1) is 18.6 Å². The van der Waals surface area contributed by atoms with Crippen LogP contribution < -0.4 is 0 Å². The Balaban J connectivity index is 2.26. The molecule has 22 heavy (non-hydrogen) atoms. The van der Waals surface area contributed by atoms with Crippen LogP contribution in [0.2, 0.25) is 0 Å². The Bertz CT molecular complexity index is 612. The van der Waals surface area contributed by atoms with Gasteiger partial charge >= 0.3 is 7.60 Å². The molecular formula is C17H27NO3P+. The average molecular weight is 324 g/mol. The number of hydrogen-bond donors (Lipinski definition) is 0. The van der Waals surface area contributed by atoms with E-state index in [0.29, 0.717) is 25.9 Å². The van der Waals surface area contributed by atoms with Crippen LogP contribution >= 0.6 is 7.60 Å². The molecule has 0 spiro atoms. The Morgan fingerprint density at radius 3 is 2.32 bits per heavy atom. The zero-order valence-electron chi connectivity index (χ0n) is 14.3. The summed E-state index contributed by atoms with van der Waals surface area (Å²) in [6.45, 7) is 11.7. The molecule has 1 aromatic rings. The molecular weight excluding hydrogens is 297 g/mol. The predicted molar refractivity (Wildman–Crippen MR) is 90.7 cm³/mol. The molecule has 122 valence electrons. The van der Waals surface area contributed by atoms with Crippen molar-refractivity contribution in [2.24, 2.45) is 0 Å². The van der Waals surface area contributed by atoms with Crippen molar-refractivity contribution >= 4 is 19.0 Å². The van der Waals surface area contributed by atoms with Gasteiger partial charge in [-0.2, -0.15) is 4.58 Å². The predicted octanol–water partition coefficient (Wildman–Crippen LogP) is 4.35. The molecule has 0 aliphatic carbocycles. The second kappa shape index (κ2) is 6.66. The highest BCUT2D eigenvalue weighted by molar-refractivity contribution is 7.53. The maximum Gasteiger partial charge on any atom is 0.337 e. The molecule has 0 saturated carbocycles. The molecule has 0 saturated heterocycles. The molecule has 0 atom stereocenters. The molecule has 0 bridgehead atoms. The van der Waals surface area contributed by atoms with Gasteiger partial charge in [-0.05, 0) is 27.7 Å². The van der Waals surface area contributed by atoms with Crippen LogP contribution in [0.5, 0.6) is 0 Å². The Kier molecular flexibility index (Phi) is 5.26. The van der Waals surface area contributed by atoms with E-state index in [9.17, 15) is 4.57 Å². The fourth-order valence-electron chi connectivity index (χ4n) is 3.02. The summed E-state index contributed by atoms with van der Waals surface area (Å²) in [5.74, 6) is 0. The van der Waals surface area contributed by atoms with E-state index in [-0.39, 0.29) is 5.41 Å². The van der Waals surface area contributed by atoms with Gasteiger partial charge in [0.2, 0.25) is 5.69 Å². The smallest absolute Gasteiger partial charge is 0.309 e. The number of fused-ring (bicyclic) bond motifs is 1. The topological polar surface area (TPSA) is 38.5 Å². The third kappa shape index (κ3) is 3.19. The zero-order valence-corrected chi connectivity index (χ0v) is 15.2. The van der Waals surface area contributed by atoms with Crippen LogP contribution in [0.15, 0.2) is 24.3 Å². The molecule has 2 rings (SSSR count). The maximum absolute atomic E-state index is 12.7. The van der Waals surface area contributed by atoms with Gasteiger partial charge in [0.15, 0.2) is 12.3 Å². The number of para-hydroxylation sites is 1. The van der Waals surface area contributed by atoms with E-state index in [2.05, 4.69) is 43.5 Å². The van der Waals surface area contributed by atoms with Crippen molar-refractivity contribution in [3.63, 3.8) is 0 Å². The number of nitrogens with zero attached hydrogens (tertiary/aromatic N) is 1. The summed E-state index contributed by atoms with van der Waals surface area (Å²) in [7, 11) is -3.01. The minimum atomic E-state index is -3.01. The van der Waals surface area contributed by atoms with E-state index < -0.39 is 7.60 Å². The van der Waals surface area contributed by atoms with Gasteiger partial charge in [-0.1, -0.05) is 18.2 Å². The van der Waals surface area contributed by atoms with E-state index in [1.807, 2.05) is 19.9 Å². The molecule has 1 heterocycles. The lowest BCUT2D eigenvalue weighted by Gasteiger charge is -2.16. The quantitative estimate of drug-likeness (QED) is 0.553. The minimum Gasteiger partial charge on any atom is -0.309 e. The Labute approximate surface area is 133 Å². The van der Waals surface area contributed by atoms with E-state index in [4.69, 9.17) is 9.05 Å². The van der Waals surface area contributed by atoms with Gasteiger partial charge in [0, 0.05) is 18.6 Å². The monoisotopic (exact) mass is 324 g/mol. The fraction of sp³-hybridized carbons (Fsp3) is 0.588. The summed E-state index contributed by atoms with van der Waals surface area (Å²) in [4.78, 5) is 0. The Morgan fingerprint density at radius 2 is 1.73 bits per heavy atom. The highest BCUT2D eigenvalue weighted by Gasteiger charge is 2.43. The van der Waals surface area contributed by atoms with Gasteiger partial charge in [0.25, 0.3) is 0 Å². The molecule has 1 aliphatic heterocycles. The number of benzene rings is 1. The maximum atomic E-state index is 12.7. The highest BCUT2D eigenvalue weighted by atomic mass is 31.2. The summed E-state index contributed by atoms with van der Waals surface area (Å²) in [6.07, 6.45) is 0.399. The summed E-state index contributed by atoms with van der Waals surface area (Å²) in [5.41, 5.74) is 3.78. The van der Waals surface area contributed by atoms with Crippen molar-refractivity contribution < 1.29 is 18.2 Å². The van der Waals surface area contributed by atoms with Gasteiger partial charge in [-0.25, -0.2) is 0 Å². The van der Waals surface area contributed by atoms with Crippen molar-refractivity contribution in [1.82, 2.24) is 0 Å². The van der Waals surface area contributed by atoms with Crippen LogP contribution in [0, 0.1) is 0 Å². The molecule has 0 aromatic heterocycles. The molecule has 0 N–H and O–H groups in total. The minimum absolute atomic E-state index is 0.00217. The summed E-state index contributed by atoms with van der Waals surface area (Å²) >= 11 is 0. The molecule has 4 nitrogen and oxygen atoms in total. The lowest BCUT2D eigenvalue weighted by atomic mass is 9.82. The average Bonchev–Trinajstić information content (AvgIpc) is 2.66. The summed E-state index contributed by atoms with van der Waals surface area (Å²) in [5, 5.41) is 0. The lowest BCUT2D eigenvalue weighted by molar-refractivity contribution is -0.433. The van der Waals surface area contributed by atoms with Gasteiger partial charge < -0.3 is 9.05 Å². The fourth-order valence-corrected chi connectivity index (χ4v) is 4.59. The van der Waals surface area contributed by atoms with Crippen LogP contribution in [0.1, 0.15) is 40.2 Å². The Morgan fingerprint density at radius 1 is 1.14 bits per heavy atom. The number of rotatable bonds is 7. The number of hydrogen-bond acceptors (Lipinski definition) is 3. The lowest BCUT2D eigenvalue weighted by Crippen LogP contribution is -2.27. The van der Waals surface area contributed by atoms with E-state index in [0.717, 1.165) is 0 Å². The van der Waals surface area contributed by atoms with E-state index in [1.165, 1.54) is 17.0 Å². The molecule has 5 heteroatoms. The van der Waals surface area contributed by atoms with Crippen molar-refractivity contribution in [3.05, 3.63) is 29.8 Å². The largest absolute Gasteiger partial charge is 0.337 e. The normalized spacial score (nSPS) is 17.0. The Hall–Kier alpha value is -0.960. The highest BCUT2D eigenvalue weighted by Crippen LogP contribution is 2.48. The first-order chi connectivity index (χ1) is 10.4. The van der Waals surface area contributed by atoms with Crippen LogP contribution in [0.3, 0.4) is 0 Å². The van der Waals surface area contributed by atoms with Crippen molar-refractivity contribution in [3.8, 4) is 0 Å². The van der Waals surface area contributed by atoms with Crippen molar-refractivity contribution in [1.29, 1.82) is 0 Å². The SMILES string of the molecule is CCOP(=O)(CC[N+]1=C(C)C(C)(C)c2ccccc21)OCC. The summed E-state index contributed by atoms with van der Waals surface area (Å²) < 4.78 is 25.7. The van der Waals surface area contributed by atoms with Gasteiger partial charge in [-0.3, -0.25) is 4.57 Å². The molecule has 0 radical (unpaired) electrons. The summed E-state index contributed by atoms with van der Waals surface area (Å²) in [6, 6.07) is 8.41. The third-order valence-electron chi connectivity index (χ3n) is 4.43. The first kappa shape index (κ1) is 17.4. The molecule has 0 amide bonds.